The van der Waals surface area contributed by atoms with E-state index in [0.717, 1.165) is 22.5 Å². The fraction of sp³-hybridized carbons (Fsp3) is 0. The number of ether oxygens (including phenoxy) is 1. The van der Waals surface area contributed by atoms with Crippen LogP contribution in [-0.4, -0.2) is 21.6 Å². The van der Waals surface area contributed by atoms with Crippen molar-refractivity contribution in [2.45, 2.75) is 0 Å². The van der Waals surface area contributed by atoms with Gasteiger partial charge in [0.05, 0.1) is 29.0 Å². The van der Waals surface area contributed by atoms with Crippen LogP contribution in [0.5, 0.6) is 11.5 Å². The molecule has 146 valence electrons. The number of hydrogen-bond donors (Lipinski definition) is 1. The minimum atomic E-state index is -0.456. The Labute approximate surface area is 171 Å². The molecule has 0 aromatic heterocycles. The Balaban J connectivity index is 1.43. The number of benzene rings is 2. The van der Waals surface area contributed by atoms with Crippen molar-refractivity contribution < 1.29 is 14.3 Å². The van der Waals surface area contributed by atoms with Gasteiger partial charge in [-0.2, -0.15) is 10.8 Å². The highest BCUT2D eigenvalue weighted by Gasteiger charge is 2.44. The van der Waals surface area contributed by atoms with Crippen molar-refractivity contribution >= 4 is 17.7 Å². The van der Waals surface area contributed by atoms with Crippen LogP contribution < -0.4 is 10.6 Å². The highest BCUT2D eigenvalue weighted by molar-refractivity contribution is 6.01. The lowest BCUT2D eigenvalue weighted by Gasteiger charge is -2.26. The third-order valence-corrected chi connectivity index (χ3v) is 5.00. The lowest BCUT2D eigenvalue weighted by atomic mass is 10.0. The molecule has 2 aromatic rings. The maximum Gasteiger partial charge on any atom is 0.273 e. The molecule has 5 rings (SSSR count). The number of nitrogens with two attached hydrogens (primary N) is 1. The molecule has 8 heteroatoms. The molecule has 0 amide bonds. The standard InChI is InChI=1S/C22H16N5O3/c23-27-12-11-24-14-20(27)21(15-3-1-4-15)25-22(27)16-7-9-18(10-8-16)30-19-6-2-5-17(13-19)26(28)29/h1-14H,23H2/q+1. The van der Waals surface area contributed by atoms with Crippen molar-refractivity contribution in [3.8, 4) is 11.5 Å². The molecule has 0 fully saturated rings. The van der Waals surface area contributed by atoms with Gasteiger partial charge in [-0.3, -0.25) is 15.1 Å². The smallest absolute Gasteiger partial charge is 0.273 e. The van der Waals surface area contributed by atoms with E-state index in [1.54, 1.807) is 42.9 Å². The number of hydrogen-bond acceptors (Lipinski definition) is 6. The molecule has 0 saturated carbocycles. The van der Waals surface area contributed by atoms with E-state index in [-0.39, 0.29) is 10.3 Å². The number of nitrogens with zero attached hydrogens (tertiary/aromatic N) is 4. The van der Waals surface area contributed by atoms with Gasteiger partial charge in [0.15, 0.2) is 0 Å². The number of quaternary nitrogens is 1. The van der Waals surface area contributed by atoms with Crippen molar-refractivity contribution in [3.63, 3.8) is 0 Å². The third-order valence-electron chi connectivity index (χ3n) is 5.00. The van der Waals surface area contributed by atoms with Crippen molar-refractivity contribution in [1.29, 1.82) is 0 Å². The number of nitro groups is 1. The Morgan fingerprint density at radius 3 is 2.60 bits per heavy atom. The second kappa shape index (κ2) is 6.73. The van der Waals surface area contributed by atoms with Gasteiger partial charge in [-0.05, 0) is 30.3 Å². The Morgan fingerprint density at radius 2 is 1.90 bits per heavy atom. The highest BCUT2D eigenvalue weighted by Crippen LogP contribution is 2.36. The van der Waals surface area contributed by atoms with Crippen molar-refractivity contribution in [3.05, 3.63) is 112 Å². The third kappa shape index (κ3) is 2.87. The minimum absolute atomic E-state index is 0.0250. The second-order valence-electron chi connectivity index (χ2n) is 6.88. The van der Waals surface area contributed by atoms with Gasteiger partial charge in [0.1, 0.15) is 23.4 Å². The normalized spacial score (nSPS) is 21.1. The highest BCUT2D eigenvalue weighted by atomic mass is 16.6. The Bertz CT molecular complexity index is 1250. The summed E-state index contributed by atoms with van der Waals surface area (Å²) in [5.41, 5.74) is 3.43. The van der Waals surface area contributed by atoms with E-state index in [1.165, 1.54) is 12.1 Å². The molecule has 2 aromatic carbocycles. The van der Waals surface area contributed by atoms with Crippen LogP contribution in [0.3, 0.4) is 0 Å². The van der Waals surface area contributed by atoms with Crippen LogP contribution in [0.1, 0.15) is 5.56 Å². The van der Waals surface area contributed by atoms with Crippen LogP contribution in [0, 0.1) is 10.1 Å². The van der Waals surface area contributed by atoms with Gasteiger partial charge in [0, 0.05) is 11.6 Å². The number of aliphatic imine (C=N–C) groups is 2. The first-order valence-electron chi connectivity index (χ1n) is 9.18. The van der Waals surface area contributed by atoms with Gasteiger partial charge in [0.25, 0.3) is 11.5 Å². The van der Waals surface area contributed by atoms with Gasteiger partial charge >= 0.3 is 0 Å². The monoisotopic (exact) mass is 398 g/mol. The minimum Gasteiger partial charge on any atom is -0.457 e. The van der Waals surface area contributed by atoms with Crippen LogP contribution >= 0.6 is 0 Å². The molecule has 0 saturated heterocycles. The lowest BCUT2D eigenvalue weighted by Crippen LogP contribution is -2.53. The van der Waals surface area contributed by atoms with Gasteiger partial charge in [-0.25, -0.2) is 0 Å². The first-order chi connectivity index (χ1) is 14.5. The Hall–Kier alpha value is -4.14. The number of non-ortho nitro benzene ring substituents is 1. The zero-order chi connectivity index (χ0) is 20.7. The Morgan fingerprint density at radius 1 is 1.10 bits per heavy atom. The van der Waals surface area contributed by atoms with Crippen LogP contribution in [0.25, 0.3) is 0 Å². The SMILES string of the molecule is N[N+]12C=CN=CC1=C(C1=CC=C1)N=C2c1ccc(Oc2cccc([N+](=O)[O-])c2)cc1. The zero-order valence-electron chi connectivity index (χ0n) is 15.7. The van der Waals surface area contributed by atoms with E-state index in [2.05, 4.69) is 4.99 Å². The molecule has 1 atom stereocenters. The lowest BCUT2D eigenvalue weighted by molar-refractivity contribution is -0.750. The van der Waals surface area contributed by atoms with E-state index in [0.29, 0.717) is 17.3 Å². The van der Waals surface area contributed by atoms with E-state index < -0.39 is 4.92 Å². The summed E-state index contributed by atoms with van der Waals surface area (Å²) >= 11 is 0. The number of nitro benzene ring substituents is 1. The molecule has 2 aliphatic heterocycles. The van der Waals surface area contributed by atoms with Crippen LogP contribution in [0.4, 0.5) is 5.69 Å². The van der Waals surface area contributed by atoms with Crippen molar-refractivity contribution in [2.75, 3.05) is 0 Å². The summed E-state index contributed by atoms with van der Waals surface area (Å²) < 4.78 is 5.70. The second-order valence-corrected chi connectivity index (χ2v) is 6.88. The van der Waals surface area contributed by atoms with E-state index in [9.17, 15) is 10.1 Å². The van der Waals surface area contributed by atoms with Crippen molar-refractivity contribution in [2.24, 2.45) is 15.8 Å². The van der Waals surface area contributed by atoms with E-state index in [4.69, 9.17) is 15.6 Å². The summed E-state index contributed by atoms with van der Waals surface area (Å²) in [6.45, 7) is 0. The number of amidine groups is 1. The van der Waals surface area contributed by atoms with Crippen LogP contribution in [0.2, 0.25) is 0 Å². The molecule has 1 unspecified atom stereocenters. The first kappa shape index (κ1) is 17.9. The van der Waals surface area contributed by atoms with Crippen LogP contribution in [-0.2, 0) is 0 Å². The van der Waals surface area contributed by atoms with Crippen LogP contribution in [0.15, 0.2) is 106 Å². The fourth-order valence-corrected chi connectivity index (χ4v) is 3.41. The van der Waals surface area contributed by atoms with Crippen molar-refractivity contribution in [1.82, 2.24) is 0 Å². The fourth-order valence-electron chi connectivity index (χ4n) is 3.41. The molecular weight excluding hydrogens is 382 g/mol. The Kier molecular flexibility index (Phi) is 4.02. The molecule has 0 radical (unpaired) electrons. The average Bonchev–Trinajstić information content (AvgIpc) is 3.00. The number of fused-ring (bicyclic) bond motifs is 1. The first-order valence-corrected chi connectivity index (χ1v) is 9.18. The quantitative estimate of drug-likeness (QED) is 0.354. The largest absolute Gasteiger partial charge is 0.457 e. The molecule has 1 aliphatic carbocycles. The average molecular weight is 398 g/mol. The van der Waals surface area contributed by atoms with E-state index >= 15 is 0 Å². The van der Waals surface area contributed by atoms with Gasteiger partial charge in [-0.1, -0.05) is 24.3 Å². The molecule has 3 aliphatic rings. The molecule has 2 N–H and O–H groups in total. The maximum absolute atomic E-state index is 10.9. The summed E-state index contributed by atoms with van der Waals surface area (Å²) in [6, 6.07) is 13.3. The summed E-state index contributed by atoms with van der Waals surface area (Å²) in [5.74, 6) is 8.29. The molecule has 2 heterocycles. The predicted octanol–water partition coefficient (Wildman–Crippen LogP) is 4.10. The van der Waals surface area contributed by atoms with Gasteiger partial charge < -0.3 is 4.74 Å². The topological polar surface area (TPSA) is 103 Å². The van der Waals surface area contributed by atoms with Gasteiger partial charge in [0.2, 0.25) is 5.70 Å². The summed E-state index contributed by atoms with van der Waals surface area (Å²) in [7, 11) is 0. The molecule has 30 heavy (non-hydrogen) atoms. The summed E-state index contributed by atoms with van der Waals surface area (Å²) in [6.07, 6.45) is 11.1. The maximum atomic E-state index is 10.9. The molecule has 8 nitrogen and oxygen atoms in total. The van der Waals surface area contributed by atoms with E-state index in [1.807, 2.05) is 30.4 Å². The molecule has 0 bridgehead atoms. The number of allylic oxidation sites excluding steroid dienone is 4. The summed E-state index contributed by atoms with van der Waals surface area (Å²) in [4.78, 5) is 19.5. The van der Waals surface area contributed by atoms with Gasteiger partial charge in [-0.15, -0.1) is 4.59 Å². The summed E-state index contributed by atoms with van der Waals surface area (Å²) in [5, 5.41) is 10.9. The molecular formula is C22H16N5O3+. The molecule has 0 spiro atoms. The predicted molar refractivity (Wildman–Crippen MR) is 112 cm³/mol. The number of rotatable bonds is 5. The zero-order valence-corrected chi connectivity index (χ0v) is 15.7.